The highest BCUT2D eigenvalue weighted by Crippen LogP contribution is 2.45. The lowest BCUT2D eigenvalue weighted by Crippen LogP contribution is -1.98. The molecule has 3 aromatic carbocycles. The summed E-state index contributed by atoms with van der Waals surface area (Å²) in [5.74, 6) is -1.40. The second-order valence-corrected chi connectivity index (χ2v) is 7.48. The van der Waals surface area contributed by atoms with E-state index in [1.165, 1.54) is 34.0 Å². The number of phenolic OH excluding ortho intramolecular Hbond substituents is 1. The molecule has 0 aromatic heterocycles. The average molecular weight is 368 g/mol. The highest BCUT2D eigenvalue weighted by atomic mass is 19.2. The summed E-state index contributed by atoms with van der Waals surface area (Å²) in [4.78, 5) is 0. The quantitative estimate of drug-likeness (QED) is 0.505. The Labute approximate surface area is 159 Å². The third kappa shape index (κ3) is 3.43. The fourth-order valence-corrected chi connectivity index (χ4v) is 3.85. The maximum absolute atomic E-state index is 13.2. The summed E-state index contributed by atoms with van der Waals surface area (Å²) in [6.45, 7) is 8.38. The highest BCUT2D eigenvalue weighted by molar-refractivity contribution is 5.92. The lowest BCUT2D eigenvalue weighted by molar-refractivity contribution is 0.401. The molecule has 142 valence electrons. The van der Waals surface area contributed by atoms with Gasteiger partial charge in [-0.3, -0.25) is 0 Å². The highest BCUT2D eigenvalue weighted by Gasteiger charge is 2.27. The average Bonchev–Trinajstić information content (AvgIpc) is 2.93. The summed E-state index contributed by atoms with van der Waals surface area (Å²) < 4.78 is 26.0. The van der Waals surface area contributed by atoms with Crippen molar-refractivity contribution in [2.75, 3.05) is 0 Å². The molecule has 1 aliphatic carbocycles. The number of halogens is 2. The van der Waals surface area contributed by atoms with E-state index in [9.17, 15) is 8.78 Å². The van der Waals surface area contributed by atoms with E-state index in [1.807, 2.05) is 13.8 Å². The molecule has 1 aliphatic rings. The monoisotopic (exact) mass is 368 g/mol. The SMILES string of the molecule is CC1c2cccc3cccc(c23)C1C.CCC(C)c1ccc(O)c(F)c1F. The number of hydrogen-bond donors (Lipinski definition) is 1. The molecule has 0 saturated carbocycles. The minimum atomic E-state index is -1.15. The molecule has 0 amide bonds. The van der Waals surface area contributed by atoms with Crippen LogP contribution in [0.4, 0.5) is 8.78 Å². The van der Waals surface area contributed by atoms with Gasteiger partial charge in [0, 0.05) is 0 Å². The summed E-state index contributed by atoms with van der Waals surface area (Å²) in [6.07, 6.45) is 0.737. The van der Waals surface area contributed by atoms with Crippen LogP contribution in [-0.2, 0) is 0 Å². The molecule has 3 atom stereocenters. The van der Waals surface area contributed by atoms with Crippen molar-refractivity contribution in [2.45, 2.75) is 51.9 Å². The predicted octanol–water partition coefficient (Wildman–Crippen LogP) is 7.24. The normalized spacial score (nSPS) is 18.9. The zero-order valence-electron chi connectivity index (χ0n) is 16.3. The van der Waals surface area contributed by atoms with Crippen molar-refractivity contribution in [1.29, 1.82) is 0 Å². The van der Waals surface area contributed by atoms with E-state index in [1.54, 1.807) is 0 Å². The number of rotatable bonds is 2. The Kier molecular flexibility index (Phi) is 5.50. The Morgan fingerprint density at radius 1 is 0.889 bits per heavy atom. The molecular formula is C24H26F2O. The van der Waals surface area contributed by atoms with Crippen molar-refractivity contribution in [1.82, 2.24) is 0 Å². The molecule has 27 heavy (non-hydrogen) atoms. The minimum Gasteiger partial charge on any atom is -0.505 e. The van der Waals surface area contributed by atoms with Crippen molar-refractivity contribution >= 4 is 10.8 Å². The summed E-state index contributed by atoms with van der Waals surface area (Å²) in [5.41, 5.74) is 3.38. The molecule has 0 saturated heterocycles. The van der Waals surface area contributed by atoms with Crippen LogP contribution in [0.15, 0.2) is 48.5 Å². The molecule has 0 aliphatic heterocycles. The maximum atomic E-state index is 13.2. The summed E-state index contributed by atoms with van der Waals surface area (Å²) in [7, 11) is 0. The van der Waals surface area contributed by atoms with Gasteiger partial charge in [0.15, 0.2) is 11.6 Å². The first kappa shape index (κ1) is 19.3. The van der Waals surface area contributed by atoms with Crippen LogP contribution < -0.4 is 0 Å². The Morgan fingerprint density at radius 2 is 1.44 bits per heavy atom. The van der Waals surface area contributed by atoms with Crippen molar-refractivity contribution in [3.05, 3.63) is 76.9 Å². The van der Waals surface area contributed by atoms with E-state index in [0.29, 0.717) is 17.4 Å². The summed E-state index contributed by atoms with van der Waals surface area (Å²) >= 11 is 0. The van der Waals surface area contributed by atoms with Gasteiger partial charge in [0.05, 0.1) is 0 Å². The van der Waals surface area contributed by atoms with Gasteiger partial charge in [-0.2, -0.15) is 4.39 Å². The van der Waals surface area contributed by atoms with E-state index in [-0.39, 0.29) is 5.92 Å². The number of phenols is 1. The van der Waals surface area contributed by atoms with E-state index in [0.717, 1.165) is 6.42 Å². The van der Waals surface area contributed by atoms with E-state index >= 15 is 0 Å². The molecule has 0 spiro atoms. The zero-order chi connectivity index (χ0) is 19.7. The Hall–Kier alpha value is -2.42. The molecule has 4 rings (SSSR count). The van der Waals surface area contributed by atoms with Gasteiger partial charge in [0.1, 0.15) is 0 Å². The van der Waals surface area contributed by atoms with Gasteiger partial charge in [-0.15, -0.1) is 0 Å². The lowest BCUT2D eigenvalue weighted by atomic mass is 9.94. The van der Waals surface area contributed by atoms with Crippen LogP contribution >= 0.6 is 0 Å². The summed E-state index contributed by atoms with van der Waals surface area (Å²) in [6, 6.07) is 15.9. The van der Waals surface area contributed by atoms with Gasteiger partial charge in [0.25, 0.3) is 0 Å². The molecule has 1 nitrogen and oxygen atoms in total. The Morgan fingerprint density at radius 3 is 1.96 bits per heavy atom. The third-order valence-corrected chi connectivity index (χ3v) is 5.94. The fourth-order valence-electron chi connectivity index (χ4n) is 3.85. The maximum Gasteiger partial charge on any atom is 0.200 e. The standard InChI is InChI=1S/C14H14.C10H12F2O/c1-9-10(2)13-8-4-6-11-5-3-7-12(9)14(11)13;1-3-6(2)7-4-5-8(13)10(12)9(7)11/h3-10H,1-2H3;4-6,13H,3H2,1-2H3. The number of aromatic hydroxyl groups is 1. The van der Waals surface area contributed by atoms with Crippen LogP contribution in [0.5, 0.6) is 5.75 Å². The van der Waals surface area contributed by atoms with E-state index in [4.69, 9.17) is 5.11 Å². The fraction of sp³-hybridized carbons (Fsp3) is 0.333. The molecular weight excluding hydrogens is 342 g/mol. The smallest absolute Gasteiger partial charge is 0.200 e. The second-order valence-electron chi connectivity index (χ2n) is 7.48. The first-order valence-electron chi connectivity index (χ1n) is 9.55. The first-order chi connectivity index (χ1) is 12.9. The van der Waals surface area contributed by atoms with Gasteiger partial charge >= 0.3 is 0 Å². The van der Waals surface area contributed by atoms with E-state index < -0.39 is 17.4 Å². The topological polar surface area (TPSA) is 20.2 Å². The molecule has 3 heteroatoms. The molecule has 0 bridgehead atoms. The Bertz CT molecular complexity index is 921. The van der Waals surface area contributed by atoms with Crippen LogP contribution in [0.3, 0.4) is 0 Å². The van der Waals surface area contributed by atoms with E-state index in [2.05, 4.69) is 50.2 Å². The second kappa shape index (κ2) is 7.67. The van der Waals surface area contributed by atoms with Crippen LogP contribution in [0.2, 0.25) is 0 Å². The molecule has 0 radical (unpaired) electrons. The van der Waals surface area contributed by atoms with Crippen LogP contribution in [0.25, 0.3) is 10.8 Å². The van der Waals surface area contributed by atoms with Crippen LogP contribution in [0, 0.1) is 11.6 Å². The Balaban J connectivity index is 0.000000157. The molecule has 1 N–H and O–H groups in total. The van der Waals surface area contributed by atoms with Gasteiger partial charge in [-0.05, 0) is 57.7 Å². The number of benzene rings is 3. The van der Waals surface area contributed by atoms with Gasteiger partial charge in [-0.1, -0.05) is 70.2 Å². The van der Waals surface area contributed by atoms with Crippen molar-refractivity contribution in [2.24, 2.45) is 0 Å². The molecule has 3 aromatic rings. The molecule has 3 unspecified atom stereocenters. The van der Waals surface area contributed by atoms with Crippen molar-refractivity contribution in [3.63, 3.8) is 0 Å². The van der Waals surface area contributed by atoms with Gasteiger partial charge in [0.2, 0.25) is 5.82 Å². The summed E-state index contributed by atoms with van der Waals surface area (Å²) in [5, 5.41) is 11.8. The van der Waals surface area contributed by atoms with Crippen LogP contribution in [0.1, 0.15) is 68.6 Å². The van der Waals surface area contributed by atoms with Gasteiger partial charge < -0.3 is 5.11 Å². The lowest BCUT2D eigenvalue weighted by Gasteiger charge is -2.10. The number of hydrogen-bond acceptors (Lipinski definition) is 1. The first-order valence-corrected chi connectivity index (χ1v) is 9.55. The van der Waals surface area contributed by atoms with Crippen LogP contribution in [-0.4, -0.2) is 5.11 Å². The minimum absolute atomic E-state index is 0.0323. The van der Waals surface area contributed by atoms with Crippen molar-refractivity contribution < 1.29 is 13.9 Å². The zero-order valence-corrected chi connectivity index (χ0v) is 16.3. The predicted molar refractivity (Wildman–Crippen MR) is 108 cm³/mol. The largest absolute Gasteiger partial charge is 0.505 e. The van der Waals surface area contributed by atoms with Gasteiger partial charge in [-0.25, -0.2) is 4.39 Å². The molecule has 0 fully saturated rings. The third-order valence-electron chi connectivity index (χ3n) is 5.94. The molecule has 0 heterocycles. The van der Waals surface area contributed by atoms with Crippen molar-refractivity contribution in [3.8, 4) is 5.75 Å².